The van der Waals surface area contributed by atoms with E-state index < -0.39 is 0 Å². The Labute approximate surface area is 140 Å². The molecule has 0 atom stereocenters. The summed E-state index contributed by atoms with van der Waals surface area (Å²) in [5, 5.41) is 2.20. The number of benzene rings is 3. The van der Waals surface area contributed by atoms with Crippen LogP contribution in [-0.4, -0.2) is 19.0 Å². The van der Waals surface area contributed by atoms with Gasteiger partial charge in [-0.05, 0) is 40.6 Å². The predicted octanol–water partition coefficient (Wildman–Crippen LogP) is 4.51. The van der Waals surface area contributed by atoms with Gasteiger partial charge in [0.2, 0.25) is 0 Å². The number of ketones is 1. The average molecular weight is 316 g/mol. The fourth-order valence-electron chi connectivity index (χ4n) is 2.77. The molecule has 1 aliphatic heterocycles. The standard InChI is InChI=1S/C21H16O3/c22-19(18-8-7-16-3-1-2-4-17(16)14-18)9-5-15-6-10-20-21(13-15)24-12-11-23-20/h1-10,13-14H,11-12H2. The van der Waals surface area contributed by atoms with Crippen molar-refractivity contribution in [2.24, 2.45) is 0 Å². The third kappa shape index (κ3) is 2.88. The summed E-state index contributed by atoms with van der Waals surface area (Å²) in [5.74, 6) is 1.46. The maximum atomic E-state index is 12.4. The van der Waals surface area contributed by atoms with E-state index in [4.69, 9.17) is 9.47 Å². The Hall–Kier alpha value is -3.07. The molecule has 0 spiro atoms. The van der Waals surface area contributed by atoms with Gasteiger partial charge in [0.15, 0.2) is 17.3 Å². The summed E-state index contributed by atoms with van der Waals surface area (Å²) >= 11 is 0. The van der Waals surface area contributed by atoms with Gasteiger partial charge in [0.05, 0.1) is 0 Å². The molecule has 3 heteroatoms. The maximum absolute atomic E-state index is 12.4. The van der Waals surface area contributed by atoms with E-state index in [0.29, 0.717) is 18.8 Å². The molecule has 118 valence electrons. The van der Waals surface area contributed by atoms with Crippen LogP contribution < -0.4 is 9.47 Å². The highest BCUT2D eigenvalue weighted by molar-refractivity contribution is 6.08. The molecule has 1 aliphatic rings. The lowest BCUT2D eigenvalue weighted by atomic mass is 10.0. The van der Waals surface area contributed by atoms with Crippen LogP contribution in [-0.2, 0) is 0 Å². The summed E-state index contributed by atoms with van der Waals surface area (Å²) in [5.41, 5.74) is 1.59. The van der Waals surface area contributed by atoms with Gasteiger partial charge >= 0.3 is 0 Å². The van der Waals surface area contributed by atoms with E-state index in [1.165, 1.54) is 0 Å². The molecule has 0 aliphatic carbocycles. The van der Waals surface area contributed by atoms with Crippen molar-refractivity contribution >= 4 is 22.6 Å². The van der Waals surface area contributed by atoms with E-state index in [9.17, 15) is 4.79 Å². The lowest BCUT2D eigenvalue weighted by molar-refractivity contribution is 0.104. The van der Waals surface area contributed by atoms with E-state index in [1.54, 1.807) is 12.2 Å². The highest BCUT2D eigenvalue weighted by Crippen LogP contribution is 2.31. The minimum absolute atomic E-state index is 0.0179. The quantitative estimate of drug-likeness (QED) is 0.527. The number of hydrogen-bond donors (Lipinski definition) is 0. The van der Waals surface area contributed by atoms with Crippen molar-refractivity contribution in [3.63, 3.8) is 0 Å². The smallest absolute Gasteiger partial charge is 0.185 e. The number of rotatable bonds is 3. The van der Waals surface area contributed by atoms with Crippen molar-refractivity contribution in [1.29, 1.82) is 0 Å². The first-order valence-electron chi connectivity index (χ1n) is 7.90. The Morgan fingerprint density at radius 1 is 0.833 bits per heavy atom. The molecule has 0 aromatic heterocycles. The molecule has 24 heavy (non-hydrogen) atoms. The van der Waals surface area contributed by atoms with E-state index in [-0.39, 0.29) is 5.78 Å². The minimum Gasteiger partial charge on any atom is -0.486 e. The van der Waals surface area contributed by atoms with Crippen molar-refractivity contribution in [1.82, 2.24) is 0 Å². The molecule has 3 nitrogen and oxygen atoms in total. The van der Waals surface area contributed by atoms with Gasteiger partial charge in [-0.25, -0.2) is 0 Å². The van der Waals surface area contributed by atoms with Crippen LogP contribution in [0.5, 0.6) is 11.5 Å². The van der Waals surface area contributed by atoms with Gasteiger partial charge < -0.3 is 9.47 Å². The molecule has 0 amide bonds. The molecule has 4 rings (SSSR count). The van der Waals surface area contributed by atoms with Gasteiger partial charge in [-0.15, -0.1) is 0 Å². The van der Waals surface area contributed by atoms with E-state index in [0.717, 1.165) is 27.8 Å². The summed E-state index contributed by atoms with van der Waals surface area (Å²) in [6.07, 6.45) is 3.39. The average Bonchev–Trinajstić information content (AvgIpc) is 2.65. The number of fused-ring (bicyclic) bond motifs is 2. The van der Waals surface area contributed by atoms with Crippen LogP contribution in [0.2, 0.25) is 0 Å². The van der Waals surface area contributed by atoms with E-state index in [1.807, 2.05) is 60.7 Å². The monoisotopic (exact) mass is 316 g/mol. The molecule has 1 heterocycles. The SMILES string of the molecule is O=C(C=Cc1ccc2c(c1)OCCO2)c1ccc2ccccc2c1. The Morgan fingerprint density at radius 2 is 1.62 bits per heavy atom. The fraction of sp³-hybridized carbons (Fsp3) is 0.0952. The normalized spacial score (nSPS) is 13.3. The van der Waals surface area contributed by atoms with Crippen molar-refractivity contribution in [2.75, 3.05) is 13.2 Å². The first-order chi connectivity index (χ1) is 11.8. The summed E-state index contributed by atoms with van der Waals surface area (Å²) in [6, 6.07) is 19.4. The third-order valence-electron chi connectivity index (χ3n) is 4.03. The second-order valence-corrected chi connectivity index (χ2v) is 5.66. The topological polar surface area (TPSA) is 35.5 Å². The zero-order valence-corrected chi connectivity index (χ0v) is 13.1. The Morgan fingerprint density at radius 3 is 2.50 bits per heavy atom. The third-order valence-corrected chi connectivity index (χ3v) is 4.03. The largest absolute Gasteiger partial charge is 0.486 e. The number of hydrogen-bond acceptors (Lipinski definition) is 3. The number of allylic oxidation sites excluding steroid dienone is 1. The van der Waals surface area contributed by atoms with E-state index in [2.05, 4.69) is 0 Å². The molecule has 0 bridgehead atoms. The number of carbonyl (C=O) groups is 1. The van der Waals surface area contributed by atoms with Gasteiger partial charge in [-0.2, -0.15) is 0 Å². The summed E-state index contributed by atoms with van der Waals surface area (Å²) in [6.45, 7) is 1.12. The zero-order chi connectivity index (χ0) is 16.4. The first kappa shape index (κ1) is 14.5. The molecule has 0 N–H and O–H groups in total. The molecule has 3 aromatic carbocycles. The number of carbonyl (C=O) groups excluding carboxylic acids is 1. The Balaban J connectivity index is 1.57. The lowest BCUT2D eigenvalue weighted by Crippen LogP contribution is -2.15. The predicted molar refractivity (Wildman–Crippen MR) is 94.7 cm³/mol. The Bertz CT molecular complexity index is 941. The molecular weight excluding hydrogens is 300 g/mol. The van der Waals surface area contributed by atoms with Crippen molar-refractivity contribution in [2.45, 2.75) is 0 Å². The molecule has 0 radical (unpaired) electrons. The highest BCUT2D eigenvalue weighted by Gasteiger charge is 2.11. The lowest BCUT2D eigenvalue weighted by Gasteiger charge is -2.18. The van der Waals surface area contributed by atoms with Crippen LogP contribution in [0.25, 0.3) is 16.8 Å². The molecule has 0 unspecified atom stereocenters. The van der Waals surface area contributed by atoms with Gasteiger partial charge in [0.1, 0.15) is 13.2 Å². The Kier molecular flexibility index (Phi) is 3.75. The van der Waals surface area contributed by atoms with Crippen LogP contribution in [0.4, 0.5) is 0 Å². The minimum atomic E-state index is -0.0179. The van der Waals surface area contributed by atoms with Gasteiger partial charge in [0, 0.05) is 5.56 Å². The first-order valence-corrected chi connectivity index (χ1v) is 7.90. The highest BCUT2D eigenvalue weighted by atomic mass is 16.6. The summed E-state index contributed by atoms with van der Waals surface area (Å²) in [7, 11) is 0. The molecular formula is C21H16O3. The maximum Gasteiger partial charge on any atom is 0.185 e. The fourth-order valence-corrected chi connectivity index (χ4v) is 2.77. The number of ether oxygens (including phenoxy) is 2. The van der Waals surface area contributed by atoms with Gasteiger partial charge in [-0.1, -0.05) is 48.5 Å². The van der Waals surface area contributed by atoms with E-state index >= 15 is 0 Å². The van der Waals surface area contributed by atoms with Gasteiger partial charge in [-0.3, -0.25) is 4.79 Å². The zero-order valence-electron chi connectivity index (χ0n) is 13.1. The molecule has 0 saturated carbocycles. The molecule has 0 saturated heterocycles. The van der Waals surface area contributed by atoms with Crippen molar-refractivity contribution < 1.29 is 14.3 Å². The second kappa shape index (κ2) is 6.20. The summed E-state index contributed by atoms with van der Waals surface area (Å²) < 4.78 is 11.1. The van der Waals surface area contributed by atoms with Crippen LogP contribution in [0.1, 0.15) is 15.9 Å². The van der Waals surface area contributed by atoms with Crippen molar-refractivity contribution in [3.05, 3.63) is 77.9 Å². The van der Waals surface area contributed by atoms with Crippen LogP contribution in [0, 0.1) is 0 Å². The van der Waals surface area contributed by atoms with Crippen LogP contribution in [0.3, 0.4) is 0 Å². The molecule has 3 aromatic rings. The van der Waals surface area contributed by atoms with Crippen LogP contribution in [0.15, 0.2) is 66.7 Å². The molecule has 0 fully saturated rings. The van der Waals surface area contributed by atoms with Gasteiger partial charge in [0.25, 0.3) is 0 Å². The van der Waals surface area contributed by atoms with Crippen LogP contribution >= 0.6 is 0 Å². The van der Waals surface area contributed by atoms with Crippen molar-refractivity contribution in [3.8, 4) is 11.5 Å². The summed E-state index contributed by atoms with van der Waals surface area (Å²) in [4.78, 5) is 12.4. The second-order valence-electron chi connectivity index (χ2n) is 5.66.